The molecular formula is C9H11ClN2O. The van der Waals surface area contributed by atoms with Gasteiger partial charge < -0.3 is 4.74 Å². The Morgan fingerprint density at radius 2 is 2.38 bits per heavy atom. The summed E-state index contributed by atoms with van der Waals surface area (Å²) in [6, 6.07) is 1.59. The van der Waals surface area contributed by atoms with Crippen LogP contribution in [0.2, 0.25) is 5.15 Å². The summed E-state index contributed by atoms with van der Waals surface area (Å²) < 4.78 is 5.22. The van der Waals surface area contributed by atoms with E-state index in [0.29, 0.717) is 23.5 Å². The second-order valence-electron chi connectivity index (χ2n) is 2.40. The molecule has 1 aromatic heterocycles. The molecular weight excluding hydrogens is 188 g/mol. The fraction of sp³-hybridized carbons (Fsp3) is 0.333. The zero-order chi connectivity index (χ0) is 9.68. The van der Waals surface area contributed by atoms with Crippen molar-refractivity contribution in [2.75, 3.05) is 6.61 Å². The van der Waals surface area contributed by atoms with Gasteiger partial charge in [0.25, 0.3) is 0 Å². The van der Waals surface area contributed by atoms with Crippen molar-refractivity contribution in [3.8, 4) is 5.88 Å². The van der Waals surface area contributed by atoms with E-state index in [0.717, 1.165) is 6.42 Å². The fourth-order valence-corrected chi connectivity index (χ4v) is 1.01. The average molecular weight is 199 g/mol. The van der Waals surface area contributed by atoms with E-state index in [2.05, 4.69) is 16.5 Å². The third kappa shape index (κ3) is 3.03. The van der Waals surface area contributed by atoms with Crippen molar-refractivity contribution >= 4 is 11.6 Å². The van der Waals surface area contributed by atoms with Crippen LogP contribution in [0.15, 0.2) is 18.7 Å². The number of hydrogen-bond donors (Lipinski definition) is 0. The molecule has 4 heteroatoms. The monoisotopic (exact) mass is 198 g/mol. The molecule has 0 aliphatic carbocycles. The van der Waals surface area contributed by atoms with Gasteiger partial charge in [0.2, 0.25) is 5.88 Å². The van der Waals surface area contributed by atoms with Gasteiger partial charge in [-0.2, -0.15) is 4.98 Å². The van der Waals surface area contributed by atoms with Crippen LogP contribution in [0.25, 0.3) is 0 Å². The molecule has 0 N–H and O–H groups in total. The molecule has 13 heavy (non-hydrogen) atoms. The van der Waals surface area contributed by atoms with Gasteiger partial charge in [0.15, 0.2) is 0 Å². The SMILES string of the molecule is C=CCOc1cc(Cl)nc(CC)n1. The van der Waals surface area contributed by atoms with Crippen molar-refractivity contribution in [1.29, 1.82) is 0 Å². The molecule has 0 unspecified atom stereocenters. The first-order chi connectivity index (χ1) is 6.26. The second kappa shape index (κ2) is 4.82. The van der Waals surface area contributed by atoms with Gasteiger partial charge in [0.05, 0.1) is 0 Å². The highest BCUT2D eigenvalue weighted by molar-refractivity contribution is 6.29. The zero-order valence-electron chi connectivity index (χ0n) is 7.46. The summed E-state index contributed by atoms with van der Waals surface area (Å²) in [5.41, 5.74) is 0. The van der Waals surface area contributed by atoms with Gasteiger partial charge in [0, 0.05) is 12.5 Å². The topological polar surface area (TPSA) is 35.0 Å². The smallest absolute Gasteiger partial charge is 0.218 e. The Morgan fingerprint density at radius 3 is 3.00 bits per heavy atom. The molecule has 1 heterocycles. The minimum Gasteiger partial charge on any atom is -0.473 e. The van der Waals surface area contributed by atoms with Crippen LogP contribution in [0, 0.1) is 0 Å². The van der Waals surface area contributed by atoms with E-state index in [1.54, 1.807) is 12.1 Å². The molecule has 0 fully saturated rings. The van der Waals surface area contributed by atoms with Gasteiger partial charge >= 0.3 is 0 Å². The molecule has 0 spiro atoms. The molecule has 0 bridgehead atoms. The maximum Gasteiger partial charge on any atom is 0.218 e. The Morgan fingerprint density at radius 1 is 1.62 bits per heavy atom. The molecule has 0 atom stereocenters. The van der Waals surface area contributed by atoms with Crippen molar-refractivity contribution in [2.24, 2.45) is 0 Å². The summed E-state index contributed by atoms with van der Waals surface area (Å²) in [6.45, 7) is 5.93. The number of ether oxygens (including phenoxy) is 1. The van der Waals surface area contributed by atoms with Crippen LogP contribution < -0.4 is 4.74 Å². The van der Waals surface area contributed by atoms with E-state index in [9.17, 15) is 0 Å². The van der Waals surface area contributed by atoms with Gasteiger partial charge in [-0.3, -0.25) is 0 Å². The molecule has 1 rings (SSSR count). The first-order valence-electron chi connectivity index (χ1n) is 4.03. The van der Waals surface area contributed by atoms with Crippen LogP contribution in [0.3, 0.4) is 0 Å². The predicted molar refractivity (Wildman–Crippen MR) is 52.1 cm³/mol. The molecule has 0 radical (unpaired) electrons. The predicted octanol–water partition coefficient (Wildman–Crippen LogP) is 2.26. The maximum absolute atomic E-state index is 5.75. The third-order valence-corrected chi connectivity index (χ3v) is 1.58. The number of aromatic nitrogens is 2. The summed E-state index contributed by atoms with van der Waals surface area (Å²) in [7, 11) is 0. The first kappa shape index (κ1) is 9.99. The number of rotatable bonds is 4. The number of nitrogens with zero attached hydrogens (tertiary/aromatic N) is 2. The van der Waals surface area contributed by atoms with Gasteiger partial charge in [-0.05, 0) is 0 Å². The minimum atomic E-state index is 0.408. The first-order valence-corrected chi connectivity index (χ1v) is 4.41. The summed E-state index contributed by atoms with van der Waals surface area (Å²) in [5.74, 6) is 1.18. The van der Waals surface area contributed by atoms with E-state index >= 15 is 0 Å². The van der Waals surface area contributed by atoms with Crippen LogP contribution in [0.5, 0.6) is 5.88 Å². The van der Waals surface area contributed by atoms with Gasteiger partial charge in [-0.1, -0.05) is 31.2 Å². The van der Waals surface area contributed by atoms with E-state index in [1.807, 2.05) is 6.92 Å². The summed E-state index contributed by atoms with van der Waals surface area (Å²) in [6.07, 6.45) is 2.40. The van der Waals surface area contributed by atoms with Crippen molar-refractivity contribution < 1.29 is 4.74 Å². The molecule has 3 nitrogen and oxygen atoms in total. The highest BCUT2D eigenvalue weighted by atomic mass is 35.5. The van der Waals surface area contributed by atoms with Gasteiger partial charge in [0.1, 0.15) is 17.6 Å². The molecule has 0 saturated heterocycles. The molecule has 0 aromatic carbocycles. The number of hydrogen-bond acceptors (Lipinski definition) is 3. The average Bonchev–Trinajstić information content (AvgIpc) is 2.14. The number of aryl methyl sites for hydroxylation is 1. The van der Waals surface area contributed by atoms with Crippen LogP contribution in [0.1, 0.15) is 12.7 Å². The fourth-order valence-electron chi connectivity index (χ4n) is 0.818. The van der Waals surface area contributed by atoms with Crippen LogP contribution in [-0.2, 0) is 6.42 Å². The van der Waals surface area contributed by atoms with Crippen molar-refractivity contribution in [2.45, 2.75) is 13.3 Å². The molecule has 0 saturated carbocycles. The van der Waals surface area contributed by atoms with E-state index in [-0.39, 0.29) is 0 Å². The summed E-state index contributed by atoms with van der Waals surface area (Å²) in [4.78, 5) is 8.13. The Bertz CT molecular complexity index is 302. The molecule has 70 valence electrons. The third-order valence-electron chi connectivity index (χ3n) is 1.38. The highest BCUT2D eigenvalue weighted by Crippen LogP contribution is 2.13. The Hall–Kier alpha value is -1.09. The Balaban J connectivity index is 2.81. The van der Waals surface area contributed by atoms with Crippen molar-refractivity contribution in [1.82, 2.24) is 9.97 Å². The van der Waals surface area contributed by atoms with Gasteiger partial charge in [-0.15, -0.1) is 0 Å². The molecule has 1 aromatic rings. The lowest BCUT2D eigenvalue weighted by molar-refractivity contribution is 0.346. The Kier molecular flexibility index (Phi) is 3.71. The lowest BCUT2D eigenvalue weighted by Crippen LogP contribution is -2.00. The maximum atomic E-state index is 5.75. The Labute approximate surface area is 82.4 Å². The van der Waals surface area contributed by atoms with Crippen molar-refractivity contribution in [3.05, 3.63) is 29.7 Å². The zero-order valence-corrected chi connectivity index (χ0v) is 8.21. The standard InChI is InChI=1S/C9H11ClN2O/c1-3-5-13-9-6-7(10)11-8(4-2)12-9/h3,6H,1,4-5H2,2H3. The van der Waals surface area contributed by atoms with E-state index in [4.69, 9.17) is 16.3 Å². The lowest BCUT2D eigenvalue weighted by atomic mass is 10.4. The quantitative estimate of drug-likeness (QED) is 0.550. The van der Waals surface area contributed by atoms with Crippen molar-refractivity contribution in [3.63, 3.8) is 0 Å². The molecule has 0 amide bonds. The molecule has 0 aliphatic rings. The summed E-state index contributed by atoms with van der Waals surface area (Å²) >= 11 is 5.75. The lowest BCUT2D eigenvalue weighted by Gasteiger charge is -2.03. The molecule has 0 aliphatic heterocycles. The van der Waals surface area contributed by atoms with E-state index in [1.165, 1.54) is 0 Å². The normalized spacial score (nSPS) is 9.69. The van der Waals surface area contributed by atoms with Crippen LogP contribution in [0.4, 0.5) is 0 Å². The summed E-state index contributed by atoms with van der Waals surface area (Å²) in [5, 5.41) is 0.408. The second-order valence-corrected chi connectivity index (χ2v) is 2.79. The van der Waals surface area contributed by atoms with E-state index < -0.39 is 0 Å². The van der Waals surface area contributed by atoms with Gasteiger partial charge in [-0.25, -0.2) is 4.98 Å². The highest BCUT2D eigenvalue weighted by Gasteiger charge is 2.01. The number of halogens is 1. The minimum absolute atomic E-state index is 0.408. The largest absolute Gasteiger partial charge is 0.473 e. The van der Waals surface area contributed by atoms with Crippen LogP contribution in [-0.4, -0.2) is 16.6 Å². The van der Waals surface area contributed by atoms with Crippen LogP contribution >= 0.6 is 11.6 Å².